The summed E-state index contributed by atoms with van der Waals surface area (Å²) in [5.41, 5.74) is 1.00. The number of pyridine rings is 1. The van der Waals surface area contributed by atoms with E-state index in [2.05, 4.69) is 27.3 Å². The summed E-state index contributed by atoms with van der Waals surface area (Å²) in [7, 11) is 0. The number of hydrogen-bond donors (Lipinski definition) is 2. The van der Waals surface area contributed by atoms with E-state index >= 15 is 0 Å². The normalized spacial score (nSPS) is 16.8. The van der Waals surface area contributed by atoms with Crippen LogP contribution in [0.15, 0.2) is 53.5 Å². The van der Waals surface area contributed by atoms with Crippen LogP contribution in [0.2, 0.25) is 0 Å². The number of likely N-dealkylation sites (tertiary alicyclic amines) is 1. The largest absolute Gasteiger partial charge is 0.350 e. The molecule has 1 saturated heterocycles. The molecule has 1 aliphatic heterocycles. The predicted octanol–water partition coefficient (Wildman–Crippen LogP) is 2.72. The summed E-state index contributed by atoms with van der Waals surface area (Å²) in [6.45, 7) is 2.58. The highest BCUT2D eigenvalue weighted by Gasteiger charge is 2.22. The van der Waals surface area contributed by atoms with Crippen LogP contribution < -0.4 is 10.9 Å². The van der Waals surface area contributed by atoms with Gasteiger partial charge in [0.15, 0.2) is 0 Å². The fourth-order valence-electron chi connectivity index (χ4n) is 3.42. The maximum atomic E-state index is 12.4. The second kappa shape index (κ2) is 8.62. The first-order valence-corrected chi connectivity index (χ1v) is 9.00. The summed E-state index contributed by atoms with van der Waals surface area (Å²) in [6.07, 6.45) is 6.45. The molecule has 3 rings (SSSR count). The zero-order valence-electron chi connectivity index (χ0n) is 14.4. The van der Waals surface area contributed by atoms with Crippen molar-refractivity contribution in [3.8, 4) is 0 Å². The molecule has 0 radical (unpaired) electrons. The van der Waals surface area contributed by atoms with Crippen molar-refractivity contribution in [1.82, 2.24) is 15.2 Å². The van der Waals surface area contributed by atoms with Gasteiger partial charge in [0.2, 0.25) is 0 Å². The number of amides is 1. The molecule has 1 fully saturated rings. The van der Waals surface area contributed by atoms with Gasteiger partial charge in [0, 0.05) is 12.7 Å². The summed E-state index contributed by atoms with van der Waals surface area (Å²) in [5, 5.41) is 2.96. The standard InChI is InChI=1S/C20H25N3O2/c24-19-17(11-8-12-21-19)20(25)22-15-18(16-9-4-3-5-10-16)23-13-6-1-2-7-14-23/h3-5,8-12,18H,1-2,6-7,13-15H2,(H,21,24)(H,22,25)/t18-/m1/s1. The lowest BCUT2D eigenvalue weighted by Gasteiger charge is -2.31. The summed E-state index contributed by atoms with van der Waals surface area (Å²) in [6, 6.07) is 13.6. The average molecular weight is 339 g/mol. The van der Waals surface area contributed by atoms with E-state index in [0.717, 1.165) is 13.1 Å². The third-order valence-corrected chi connectivity index (χ3v) is 4.78. The number of aromatic amines is 1. The smallest absolute Gasteiger partial charge is 0.260 e. The van der Waals surface area contributed by atoms with Gasteiger partial charge in [0.25, 0.3) is 11.5 Å². The van der Waals surface area contributed by atoms with Gasteiger partial charge in [-0.2, -0.15) is 0 Å². The zero-order chi connectivity index (χ0) is 17.5. The van der Waals surface area contributed by atoms with Crippen molar-refractivity contribution in [1.29, 1.82) is 0 Å². The molecule has 0 bridgehead atoms. The van der Waals surface area contributed by atoms with E-state index in [0.29, 0.717) is 6.54 Å². The molecule has 25 heavy (non-hydrogen) atoms. The SMILES string of the molecule is O=C(NC[C@H](c1ccccc1)N1CCCCCC1)c1ccc[nH]c1=O. The van der Waals surface area contributed by atoms with E-state index in [1.165, 1.54) is 37.4 Å². The number of benzene rings is 1. The number of aromatic nitrogens is 1. The Morgan fingerprint density at radius 3 is 2.44 bits per heavy atom. The Morgan fingerprint density at radius 2 is 1.76 bits per heavy atom. The minimum atomic E-state index is -0.356. The molecule has 5 heteroatoms. The van der Waals surface area contributed by atoms with Crippen molar-refractivity contribution >= 4 is 5.91 Å². The fraction of sp³-hybridized carbons (Fsp3) is 0.400. The van der Waals surface area contributed by atoms with E-state index in [9.17, 15) is 9.59 Å². The van der Waals surface area contributed by atoms with Gasteiger partial charge in [-0.25, -0.2) is 0 Å². The Bertz CT molecular complexity index is 734. The average Bonchev–Trinajstić information content (AvgIpc) is 2.92. The summed E-state index contributed by atoms with van der Waals surface area (Å²) < 4.78 is 0. The molecule has 1 atom stereocenters. The molecule has 0 unspecified atom stereocenters. The molecule has 1 aliphatic rings. The van der Waals surface area contributed by atoms with Crippen molar-refractivity contribution in [2.24, 2.45) is 0 Å². The van der Waals surface area contributed by atoms with Crippen LogP contribution in [-0.2, 0) is 0 Å². The minimum absolute atomic E-state index is 0.131. The molecule has 0 aliphatic carbocycles. The van der Waals surface area contributed by atoms with Gasteiger partial charge in [-0.05, 0) is 43.6 Å². The van der Waals surface area contributed by atoms with Gasteiger partial charge in [-0.1, -0.05) is 43.2 Å². The molecule has 1 aromatic carbocycles. The van der Waals surface area contributed by atoms with Crippen LogP contribution in [0, 0.1) is 0 Å². The van der Waals surface area contributed by atoms with Gasteiger partial charge < -0.3 is 10.3 Å². The molecular formula is C20H25N3O2. The van der Waals surface area contributed by atoms with E-state index in [1.807, 2.05) is 18.2 Å². The van der Waals surface area contributed by atoms with Gasteiger partial charge in [-0.15, -0.1) is 0 Å². The van der Waals surface area contributed by atoms with Gasteiger partial charge >= 0.3 is 0 Å². The number of rotatable bonds is 5. The van der Waals surface area contributed by atoms with Gasteiger partial charge in [0.1, 0.15) is 5.56 Å². The van der Waals surface area contributed by atoms with Crippen LogP contribution in [0.3, 0.4) is 0 Å². The fourth-order valence-corrected chi connectivity index (χ4v) is 3.42. The molecule has 2 aromatic rings. The first-order valence-electron chi connectivity index (χ1n) is 9.00. The first kappa shape index (κ1) is 17.4. The lowest BCUT2D eigenvalue weighted by atomic mass is 10.0. The van der Waals surface area contributed by atoms with E-state index < -0.39 is 0 Å². The van der Waals surface area contributed by atoms with Crippen LogP contribution in [0.5, 0.6) is 0 Å². The molecule has 0 spiro atoms. The van der Waals surface area contributed by atoms with E-state index in [4.69, 9.17) is 0 Å². The Balaban J connectivity index is 1.74. The van der Waals surface area contributed by atoms with Crippen molar-refractivity contribution in [2.75, 3.05) is 19.6 Å². The van der Waals surface area contributed by atoms with Crippen LogP contribution in [0.4, 0.5) is 0 Å². The minimum Gasteiger partial charge on any atom is -0.350 e. The second-order valence-corrected chi connectivity index (χ2v) is 6.50. The third kappa shape index (κ3) is 4.57. The highest BCUT2D eigenvalue weighted by molar-refractivity contribution is 5.93. The number of carbonyl (C=O) groups excluding carboxylic acids is 1. The molecule has 2 heterocycles. The third-order valence-electron chi connectivity index (χ3n) is 4.78. The number of hydrogen-bond acceptors (Lipinski definition) is 3. The van der Waals surface area contributed by atoms with Crippen LogP contribution >= 0.6 is 0 Å². The molecule has 132 valence electrons. The van der Waals surface area contributed by atoms with Gasteiger partial charge in [-0.3, -0.25) is 14.5 Å². The number of nitrogens with one attached hydrogen (secondary N) is 2. The molecular weight excluding hydrogens is 314 g/mol. The quantitative estimate of drug-likeness (QED) is 0.880. The second-order valence-electron chi connectivity index (χ2n) is 6.50. The molecule has 1 aromatic heterocycles. The van der Waals surface area contributed by atoms with E-state index in [-0.39, 0.29) is 23.1 Å². The van der Waals surface area contributed by atoms with Crippen molar-refractivity contribution < 1.29 is 4.79 Å². The maximum Gasteiger partial charge on any atom is 0.260 e. The van der Waals surface area contributed by atoms with Crippen LogP contribution in [0.1, 0.15) is 47.6 Å². The van der Waals surface area contributed by atoms with Crippen LogP contribution in [0.25, 0.3) is 0 Å². The number of nitrogens with zero attached hydrogens (tertiary/aromatic N) is 1. The highest BCUT2D eigenvalue weighted by Crippen LogP contribution is 2.23. The summed E-state index contributed by atoms with van der Waals surface area (Å²) in [4.78, 5) is 29.2. The monoisotopic (exact) mass is 339 g/mol. The van der Waals surface area contributed by atoms with Crippen LogP contribution in [-0.4, -0.2) is 35.4 Å². The highest BCUT2D eigenvalue weighted by atomic mass is 16.2. The van der Waals surface area contributed by atoms with Crippen molar-refractivity contribution in [3.05, 3.63) is 70.1 Å². The topological polar surface area (TPSA) is 65.2 Å². The lowest BCUT2D eigenvalue weighted by Crippen LogP contribution is -2.39. The Morgan fingerprint density at radius 1 is 1.04 bits per heavy atom. The first-order chi connectivity index (χ1) is 12.3. The lowest BCUT2D eigenvalue weighted by molar-refractivity contribution is 0.0931. The van der Waals surface area contributed by atoms with Crippen molar-refractivity contribution in [2.45, 2.75) is 31.7 Å². The van der Waals surface area contributed by atoms with Crippen molar-refractivity contribution in [3.63, 3.8) is 0 Å². The number of H-pyrrole nitrogens is 1. The summed E-state index contributed by atoms with van der Waals surface area (Å²) >= 11 is 0. The zero-order valence-corrected chi connectivity index (χ0v) is 14.4. The van der Waals surface area contributed by atoms with E-state index in [1.54, 1.807) is 12.1 Å². The molecule has 2 N–H and O–H groups in total. The summed E-state index contributed by atoms with van der Waals surface area (Å²) in [5.74, 6) is -0.322. The van der Waals surface area contributed by atoms with Gasteiger partial charge in [0.05, 0.1) is 6.04 Å². The molecule has 0 saturated carbocycles. The Hall–Kier alpha value is -2.40. The Kier molecular flexibility index (Phi) is 6.01. The Labute approximate surface area is 148 Å². The molecule has 1 amide bonds. The maximum absolute atomic E-state index is 12.4. The molecule has 5 nitrogen and oxygen atoms in total. The predicted molar refractivity (Wildman–Crippen MR) is 98.6 cm³/mol. The number of carbonyl (C=O) groups is 1.